The fraction of sp³-hybridized carbons (Fsp3) is 0.538. The van der Waals surface area contributed by atoms with Gasteiger partial charge >= 0.3 is 0 Å². The lowest BCUT2D eigenvalue weighted by Crippen LogP contribution is -2.25. The number of rotatable bonds is 8. The van der Waals surface area contributed by atoms with E-state index in [2.05, 4.69) is 6.92 Å². The zero-order valence-corrected chi connectivity index (χ0v) is 11.0. The summed E-state index contributed by atoms with van der Waals surface area (Å²) in [5.41, 5.74) is 5.72. The molecule has 1 aromatic rings. The molecule has 0 aliphatic carbocycles. The molecule has 0 spiro atoms. The van der Waals surface area contributed by atoms with Gasteiger partial charge in [-0.2, -0.15) is 0 Å². The highest BCUT2D eigenvalue weighted by Gasteiger charge is 1.99. The summed E-state index contributed by atoms with van der Waals surface area (Å²) in [4.78, 5) is 0. The molecule has 0 fully saturated rings. The lowest BCUT2D eigenvalue weighted by atomic mass is 10.3. The van der Waals surface area contributed by atoms with Gasteiger partial charge in [0.25, 0.3) is 0 Å². The maximum atomic E-state index is 5.84. The zero-order chi connectivity index (χ0) is 12.5. The third kappa shape index (κ3) is 6.51. The first-order valence-electron chi connectivity index (χ1n) is 5.94. The molecule has 2 N–H and O–H groups in total. The van der Waals surface area contributed by atoms with E-state index in [1.54, 1.807) is 6.07 Å². The fourth-order valence-electron chi connectivity index (χ4n) is 1.26. The number of hydrogen-bond acceptors (Lipinski definition) is 3. The molecule has 0 aliphatic heterocycles. The van der Waals surface area contributed by atoms with Crippen molar-refractivity contribution in [3.8, 4) is 5.75 Å². The predicted molar refractivity (Wildman–Crippen MR) is 70.6 cm³/mol. The second-order valence-electron chi connectivity index (χ2n) is 3.90. The van der Waals surface area contributed by atoms with Crippen LogP contribution in [0.25, 0.3) is 0 Å². The molecule has 1 aromatic carbocycles. The Labute approximate surface area is 108 Å². The molecule has 0 aromatic heterocycles. The third-order valence-electron chi connectivity index (χ3n) is 2.35. The van der Waals surface area contributed by atoms with Crippen molar-refractivity contribution in [3.05, 3.63) is 29.3 Å². The summed E-state index contributed by atoms with van der Waals surface area (Å²) < 4.78 is 10.9. The van der Waals surface area contributed by atoms with E-state index in [1.807, 2.05) is 18.2 Å². The number of ether oxygens (including phenoxy) is 2. The van der Waals surface area contributed by atoms with E-state index in [0.29, 0.717) is 24.8 Å². The van der Waals surface area contributed by atoms with Gasteiger partial charge in [-0.25, -0.2) is 0 Å². The fourth-order valence-corrected chi connectivity index (χ4v) is 1.44. The van der Waals surface area contributed by atoms with Crippen LogP contribution in [-0.2, 0) is 4.74 Å². The van der Waals surface area contributed by atoms with Gasteiger partial charge in [0.15, 0.2) is 0 Å². The van der Waals surface area contributed by atoms with Crippen molar-refractivity contribution >= 4 is 11.6 Å². The van der Waals surface area contributed by atoms with Gasteiger partial charge in [0.1, 0.15) is 5.75 Å². The smallest absolute Gasteiger partial charge is 0.120 e. The Morgan fingerprint density at radius 2 is 2.18 bits per heavy atom. The SMILES string of the molecule is CCC(N)COCCCOc1cccc(Cl)c1. The van der Waals surface area contributed by atoms with Crippen molar-refractivity contribution < 1.29 is 9.47 Å². The van der Waals surface area contributed by atoms with Crippen molar-refractivity contribution in [2.45, 2.75) is 25.8 Å². The molecule has 0 radical (unpaired) electrons. The maximum absolute atomic E-state index is 5.84. The molecule has 1 atom stereocenters. The molecule has 1 unspecified atom stereocenters. The second kappa shape index (κ2) is 8.34. The van der Waals surface area contributed by atoms with Crippen LogP contribution < -0.4 is 10.5 Å². The van der Waals surface area contributed by atoms with Gasteiger partial charge in [-0.3, -0.25) is 0 Å². The Hall–Kier alpha value is -0.770. The lowest BCUT2D eigenvalue weighted by molar-refractivity contribution is 0.107. The Kier molecular flexibility index (Phi) is 7.01. The molecule has 0 saturated heterocycles. The molecular formula is C13H20ClNO2. The topological polar surface area (TPSA) is 44.5 Å². The van der Waals surface area contributed by atoms with E-state index in [4.69, 9.17) is 26.8 Å². The standard InChI is InChI=1S/C13H20ClNO2/c1-2-12(15)10-16-7-4-8-17-13-6-3-5-11(14)9-13/h3,5-6,9,12H,2,4,7-8,10,15H2,1H3. The van der Waals surface area contributed by atoms with Crippen molar-refractivity contribution in [1.82, 2.24) is 0 Å². The van der Waals surface area contributed by atoms with Crippen LogP contribution in [0.4, 0.5) is 0 Å². The minimum absolute atomic E-state index is 0.142. The Balaban J connectivity index is 2.05. The molecule has 0 saturated carbocycles. The molecule has 17 heavy (non-hydrogen) atoms. The van der Waals surface area contributed by atoms with Crippen LogP contribution in [0.1, 0.15) is 19.8 Å². The first-order chi connectivity index (χ1) is 8.22. The number of halogens is 1. The monoisotopic (exact) mass is 257 g/mol. The van der Waals surface area contributed by atoms with Crippen LogP contribution in [0.15, 0.2) is 24.3 Å². The van der Waals surface area contributed by atoms with E-state index in [-0.39, 0.29) is 6.04 Å². The Morgan fingerprint density at radius 3 is 2.88 bits per heavy atom. The van der Waals surface area contributed by atoms with Crippen LogP contribution >= 0.6 is 11.6 Å². The summed E-state index contributed by atoms with van der Waals surface area (Å²) in [5, 5.41) is 0.688. The largest absolute Gasteiger partial charge is 0.493 e. The molecule has 1 rings (SSSR count). The number of hydrogen-bond donors (Lipinski definition) is 1. The van der Waals surface area contributed by atoms with Crippen molar-refractivity contribution in [2.75, 3.05) is 19.8 Å². The maximum Gasteiger partial charge on any atom is 0.120 e. The van der Waals surface area contributed by atoms with Gasteiger partial charge in [0.05, 0.1) is 13.2 Å². The summed E-state index contributed by atoms with van der Waals surface area (Å²) in [5.74, 6) is 0.794. The van der Waals surface area contributed by atoms with Crippen LogP contribution in [-0.4, -0.2) is 25.9 Å². The van der Waals surface area contributed by atoms with Crippen molar-refractivity contribution in [1.29, 1.82) is 0 Å². The van der Waals surface area contributed by atoms with Crippen LogP contribution in [0.5, 0.6) is 5.75 Å². The van der Waals surface area contributed by atoms with Gasteiger partial charge in [-0.1, -0.05) is 24.6 Å². The van der Waals surface area contributed by atoms with Crippen molar-refractivity contribution in [3.63, 3.8) is 0 Å². The van der Waals surface area contributed by atoms with Gasteiger partial charge in [-0.05, 0) is 24.6 Å². The Morgan fingerprint density at radius 1 is 1.35 bits per heavy atom. The highest BCUT2D eigenvalue weighted by atomic mass is 35.5. The minimum Gasteiger partial charge on any atom is -0.493 e. The predicted octanol–water partition coefficient (Wildman–Crippen LogP) is 2.86. The zero-order valence-electron chi connectivity index (χ0n) is 10.2. The summed E-state index contributed by atoms with van der Waals surface area (Å²) >= 11 is 5.84. The molecule has 0 bridgehead atoms. The molecule has 0 amide bonds. The van der Waals surface area contributed by atoms with Gasteiger partial charge in [0.2, 0.25) is 0 Å². The van der Waals surface area contributed by atoms with Gasteiger partial charge < -0.3 is 15.2 Å². The normalized spacial score (nSPS) is 12.4. The Bertz CT molecular complexity index is 320. The first kappa shape index (κ1) is 14.3. The molecule has 4 heteroatoms. The quantitative estimate of drug-likeness (QED) is 0.729. The number of nitrogens with two attached hydrogens (primary N) is 1. The van der Waals surface area contributed by atoms with Crippen molar-refractivity contribution in [2.24, 2.45) is 5.73 Å². The highest BCUT2D eigenvalue weighted by molar-refractivity contribution is 6.30. The highest BCUT2D eigenvalue weighted by Crippen LogP contribution is 2.17. The van der Waals surface area contributed by atoms with Gasteiger partial charge in [-0.15, -0.1) is 0 Å². The van der Waals surface area contributed by atoms with E-state index < -0.39 is 0 Å². The summed E-state index contributed by atoms with van der Waals surface area (Å²) in [6, 6.07) is 7.52. The van der Waals surface area contributed by atoms with E-state index in [0.717, 1.165) is 18.6 Å². The van der Waals surface area contributed by atoms with Crippen LogP contribution in [0, 0.1) is 0 Å². The lowest BCUT2D eigenvalue weighted by Gasteiger charge is -2.10. The van der Waals surface area contributed by atoms with E-state index in [1.165, 1.54) is 0 Å². The van der Waals surface area contributed by atoms with Crippen LogP contribution in [0.3, 0.4) is 0 Å². The summed E-state index contributed by atoms with van der Waals surface area (Å²) in [6.45, 7) is 3.97. The average molecular weight is 258 g/mol. The first-order valence-corrected chi connectivity index (χ1v) is 6.32. The van der Waals surface area contributed by atoms with E-state index in [9.17, 15) is 0 Å². The molecule has 0 aliphatic rings. The third-order valence-corrected chi connectivity index (χ3v) is 2.59. The van der Waals surface area contributed by atoms with Crippen LogP contribution in [0.2, 0.25) is 5.02 Å². The molecule has 96 valence electrons. The average Bonchev–Trinajstić information content (AvgIpc) is 2.33. The summed E-state index contributed by atoms with van der Waals surface area (Å²) in [7, 11) is 0. The second-order valence-corrected chi connectivity index (χ2v) is 4.34. The summed E-state index contributed by atoms with van der Waals surface area (Å²) in [6.07, 6.45) is 1.79. The van der Waals surface area contributed by atoms with Gasteiger partial charge in [0, 0.05) is 24.1 Å². The molecule has 3 nitrogen and oxygen atoms in total. The van der Waals surface area contributed by atoms with E-state index >= 15 is 0 Å². The molecule has 0 heterocycles. The minimum atomic E-state index is 0.142. The molecular weight excluding hydrogens is 238 g/mol. The number of benzene rings is 1.